The predicted octanol–water partition coefficient (Wildman–Crippen LogP) is 4.36. The minimum atomic E-state index is -0.0874. The maximum Gasteiger partial charge on any atom is 0.259 e. The summed E-state index contributed by atoms with van der Waals surface area (Å²) in [5.41, 5.74) is 5.58. The molecule has 0 saturated heterocycles. The van der Waals surface area contributed by atoms with E-state index in [1.165, 1.54) is 24.8 Å². The first-order valence-electron chi connectivity index (χ1n) is 10.9. The van der Waals surface area contributed by atoms with Crippen LogP contribution in [0.5, 0.6) is 0 Å². The second kappa shape index (κ2) is 6.66. The Bertz CT molecular complexity index is 1300. The van der Waals surface area contributed by atoms with Gasteiger partial charge in [0.1, 0.15) is 6.33 Å². The molecule has 2 aliphatic carbocycles. The van der Waals surface area contributed by atoms with Gasteiger partial charge in [-0.05, 0) is 30.4 Å². The molecule has 2 aromatic heterocycles. The molecule has 0 atom stereocenters. The summed E-state index contributed by atoms with van der Waals surface area (Å²) in [5, 5.41) is 8.58. The van der Waals surface area contributed by atoms with Crippen LogP contribution in [-0.2, 0) is 18.4 Å². The summed E-state index contributed by atoms with van der Waals surface area (Å²) in [5.74, 6) is 0.616. The molecule has 0 amide bonds. The lowest BCUT2D eigenvalue weighted by molar-refractivity contribution is 0.283. The van der Waals surface area contributed by atoms with Crippen LogP contribution < -0.4 is 5.56 Å². The number of nitrogens with zero attached hydrogens (tertiary/aromatic N) is 4. The lowest BCUT2D eigenvalue weighted by Crippen LogP contribution is -2.43. The van der Waals surface area contributed by atoms with Crippen LogP contribution in [0.4, 0.5) is 0 Å². The highest BCUT2D eigenvalue weighted by molar-refractivity contribution is 5.73. The molecule has 2 aromatic carbocycles. The Morgan fingerprint density at radius 1 is 0.933 bits per heavy atom. The Hall–Kier alpha value is -3.21. The van der Waals surface area contributed by atoms with Crippen LogP contribution in [0.2, 0.25) is 0 Å². The highest BCUT2D eigenvalue weighted by Gasteiger charge is 2.43. The molecule has 4 aromatic rings. The molecule has 0 unspecified atom stereocenters. The summed E-state index contributed by atoms with van der Waals surface area (Å²) < 4.78 is 3.87. The van der Waals surface area contributed by atoms with Gasteiger partial charge in [0, 0.05) is 16.5 Å². The zero-order valence-electron chi connectivity index (χ0n) is 16.9. The highest BCUT2D eigenvalue weighted by Crippen LogP contribution is 2.49. The quantitative estimate of drug-likeness (QED) is 0.506. The van der Waals surface area contributed by atoms with Crippen molar-refractivity contribution in [2.24, 2.45) is 0 Å². The average Bonchev–Trinajstić information content (AvgIpc) is 3.27. The minimum Gasteiger partial charge on any atom is -0.272 e. The van der Waals surface area contributed by atoms with Crippen LogP contribution in [0, 0.1) is 0 Å². The van der Waals surface area contributed by atoms with Gasteiger partial charge in [-0.25, -0.2) is 0 Å². The summed E-state index contributed by atoms with van der Waals surface area (Å²) in [6, 6.07) is 18.7. The Kier molecular flexibility index (Phi) is 3.91. The second-order valence-electron chi connectivity index (χ2n) is 8.78. The van der Waals surface area contributed by atoms with E-state index in [-0.39, 0.29) is 11.0 Å². The third-order valence-electron chi connectivity index (χ3n) is 7.03. The number of hydrogen-bond acceptors (Lipinski definition) is 3. The van der Waals surface area contributed by atoms with Crippen molar-refractivity contribution in [2.45, 2.75) is 50.5 Å². The summed E-state index contributed by atoms with van der Waals surface area (Å²) in [6.45, 7) is 0.507. The van der Waals surface area contributed by atoms with Crippen LogP contribution >= 0.6 is 0 Å². The molecule has 1 saturated carbocycles. The van der Waals surface area contributed by atoms with Crippen molar-refractivity contribution in [1.82, 2.24) is 19.2 Å². The van der Waals surface area contributed by atoms with E-state index >= 15 is 0 Å². The molecule has 1 spiro atoms. The van der Waals surface area contributed by atoms with Gasteiger partial charge in [0.15, 0.2) is 0 Å². The molecule has 0 aliphatic heterocycles. The Morgan fingerprint density at radius 2 is 1.70 bits per heavy atom. The molecule has 6 rings (SSSR count). The van der Waals surface area contributed by atoms with Gasteiger partial charge in [-0.3, -0.25) is 13.8 Å². The third kappa shape index (κ3) is 2.51. The number of aromatic nitrogens is 4. The van der Waals surface area contributed by atoms with E-state index < -0.39 is 0 Å². The molecule has 5 heteroatoms. The van der Waals surface area contributed by atoms with E-state index in [1.807, 2.05) is 27.2 Å². The van der Waals surface area contributed by atoms with Crippen molar-refractivity contribution in [3.63, 3.8) is 0 Å². The fraction of sp³-hybridized carbons (Fsp3) is 0.320. The summed E-state index contributed by atoms with van der Waals surface area (Å²) in [6.07, 6.45) is 8.48. The Balaban J connectivity index is 1.69. The van der Waals surface area contributed by atoms with Crippen molar-refractivity contribution in [2.75, 3.05) is 0 Å². The zero-order chi connectivity index (χ0) is 20.1. The standard InChI is InChI=1S/C25H24N4O/c30-23-21-22(20-12-6-5-11-19(20)15-25(21)13-7-2-8-14-25)29-17-26-27-24(29)28(23)16-18-9-3-1-4-10-18/h1,3-6,9-12,17H,2,7-8,13-16H2. The van der Waals surface area contributed by atoms with E-state index in [9.17, 15) is 4.79 Å². The number of fused-ring (bicyclic) bond motifs is 6. The van der Waals surface area contributed by atoms with Gasteiger partial charge < -0.3 is 0 Å². The van der Waals surface area contributed by atoms with Crippen molar-refractivity contribution >= 4 is 5.78 Å². The molecule has 2 heterocycles. The topological polar surface area (TPSA) is 52.2 Å². The lowest BCUT2D eigenvalue weighted by Gasteiger charge is -2.42. The highest BCUT2D eigenvalue weighted by atomic mass is 16.1. The van der Waals surface area contributed by atoms with Gasteiger partial charge in [-0.15, -0.1) is 10.2 Å². The Labute approximate surface area is 175 Å². The first-order valence-corrected chi connectivity index (χ1v) is 10.9. The van der Waals surface area contributed by atoms with E-state index in [0.29, 0.717) is 12.3 Å². The molecule has 0 N–H and O–H groups in total. The second-order valence-corrected chi connectivity index (χ2v) is 8.78. The molecular formula is C25H24N4O. The number of rotatable bonds is 2. The fourth-order valence-corrected chi connectivity index (χ4v) is 5.68. The number of benzene rings is 2. The molecule has 0 radical (unpaired) electrons. The molecule has 1 fully saturated rings. The largest absolute Gasteiger partial charge is 0.272 e. The monoisotopic (exact) mass is 396 g/mol. The van der Waals surface area contributed by atoms with Crippen LogP contribution in [-0.4, -0.2) is 19.2 Å². The SMILES string of the molecule is O=c1c2c(n3cnnc3n1Cc1ccccc1)-c1ccccc1CC21CCCCC1. The lowest BCUT2D eigenvalue weighted by atomic mass is 9.62. The van der Waals surface area contributed by atoms with Crippen LogP contribution in [0.15, 0.2) is 65.7 Å². The summed E-state index contributed by atoms with van der Waals surface area (Å²) in [4.78, 5) is 14.1. The first-order chi connectivity index (χ1) is 14.8. The van der Waals surface area contributed by atoms with Crippen molar-refractivity contribution < 1.29 is 0 Å². The molecule has 150 valence electrons. The average molecular weight is 396 g/mol. The van der Waals surface area contributed by atoms with E-state index in [0.717, 1.165) is 41.6 Å². The van der Waals surface area contributed by atoms with Gasteiger partial charge in [-0.1, -0.05) is 73.9 Å². The van der Waals surface area contributed by atoms with Crippen molar-refractivity contribution in [3.05, 3.63) is 88.0 Å². The van der Waals surface area contributed by atoms with E-state index in [2.05, 4.69) is 46.6 Å². The van der Waals surface area contributed by atoms with Crippen LogP contribution in [0.1, 0.15) is 48.8 Å². The third-order valence-corrected chi connectivity index (χ3v) is 7.03. The maximum atomic E-state index is 14.1. The zero-order valence-corrected chi connectivity index (χ0v) is 16.9. The number of hydrogen-bond donors (Lipinski definition) is 0. The molecule has 5 nitrogen and oxygen atoms in total. The molecule has 30 heavy (non-hydrogen) atoms. The van der Waals surface area contributed by atoms with Crippen LogP contribution in [0.3, 0.4) is 0 Å². The van der Waals surface area contributed by atoms with Gasteiger partial charge in [0.2, 0.25) is 5.78 Å². The molecular weight excluding hydrogens is 372 g/mol. The van der Waals surface area contributed by atoms with Gasteiger partial charge in [-0.2, -0.15) is 0 Å². The normalized spacial score (nSPS) is 17.1. The van der Waals surface area contributed by atoms with Gasteiger partial charge >= 0.3 is 0 Å². The van der Waals surface area contributed by atoms with Crippen LogP contribution in [0.25, 0.3) is 17.0 Å². The molecule has 0 bridgehead atoms. The molecule has 2 aliphatic rings. The predicted molar refractivity (Wildman–Crippen MR) is 117 cm³/mol. The van der Waals surface area contributed by atoms with Crippen molar-refractivity contribution in [1.29, 1.82) is 0 Å². The van der Waals surface area contributed by atoms with Gasteiger partial charge in [0.05, 0.1) is 12.2 Å². The summed E-state index contributed by atoms with van der Waals surface area (Å²) in [7, 11) is 0. The minimum absolute atomic E-state index is 0.0874. The fourth-order valence-electron chi connectivity index (χ4n) is 5.68. The smallest absolute Gasteiger partial charge is 0.259 e. The van der Waals surface area contributed by atoms with E-state index in [4.69, 9.17) is 0 Å². The first kappa shape index (κ1) is 17.6. The maximum absolute atomic E-state index is 14.1. The van der Waals surface area contributed by atoms with Gasteiger partial charge in [0.25, 0.3) is 5.56 Å². The van der Waals surface area contributed by atoms with E-state index in [1.54, 1.807) is 6.33 Å². The summed E-state index contributed by atoms with van der Waals surface area (Å²) >= 11 is 0. The van der Waals surface area contributed by atoms with Crippen molar-refractivity contribution in [3.8, 4) is 11.3 Å². The Morgan fingerprint density at radius 3 is 2.53 bits per heavy atom.